The van der Waals surface area contributed by atoms with E-state index in [4.69, 9.17) is 10.5 Å². The summed E-state index contributed by atoms with van der Waals surface area (Å²) in [4.78, 5) is 4.10. The Bertz CT molecular complexity index is 548. The number of fused-ring (bicyclic) bond motifs is 1. The monoisotopic (exact) mass is 296 g/mol. The largest absolute Gasteiger partial charge is 0.383 e. The fraction of sp³-hybridized carbons (Fsp3) is 0.455. The Morgan fingerprint density at radius 2 is 2.29 bits per heavy atom. The Labute approximate surface area is 107 Å². The molecule has 0 spiro atoms. The maximum absolute atomic E-state index is 5.84. The molecule has 1 aliphatic heterocycles. The maximum atomic E-state index is 5.84. The zero-order valence-corrected chi connectivity index (χ0v) is 10.9. The van der Waals surface area contributed by atoms with Crippen LogP contribution < -0.4 is 5.73 Å². The highest BCUT2D eigenvalue weighted by Gasteiger charge is 2.20. The standard InChI is InChI=1S/C11H13BrN4O/c12-8-6-14-11(13)7-5-15-16(10(7)8)9-3-1-2-4-17-9/h5-6,9H,1-4H2,(H2,13,14). The van der Waals surface area contributed by atoms with Crippen molar-refractivity contribution >= 4 is 32.7 Å². The van der Waals surface area contributed by atoms with Gasteiger partial charge in [0.05, 0.1) is 21.6 Å². The summed E-state index contributed by atoms with van der Waals surface area (Å²) >= 11 is 3.49. The molecule has 0 radical (unpaired) electrons. The van der Waals surface area contributed by atoms with Crippen molar-refractivity contribution in [3.8, 4) is 0 Å². The van der Waals surface area contributed by atoms with E-state index < -0.39 is 0 Å². The smallest absolute Gasteiger partial charge is 0.150 e. The molecule has 2 N–H and O–H groups in total. The van der Waals surface area contributed by atoms with Gasteiger partial charge in [0.25, 0.3) is 0 Å². The number of ether oxygens (including phenoxy) is 1. The molecular weight excluding hydrogens is 284 g/mol. The average molecular weight is 297 g/mol. The molecule has 1 aliphatic rings. The van der Waals surface area contributed by atoms with E-state index in [0.29, 0.717) is 5.82 Å². The van der Waals surface area contributed by atoms with Gasteiger partial charge in [0.2, 0.25) is 0 Å². The number of nitrogens with zero attached hydrogens (tertiary/aromatic N) is 3. The van der Waals surface area contributed by atoms with Crippen molar-refractivity contribution in [1.82, 2.24) is 14.8 Å². The van der Waals surface area contributed by atoms with Gasteiger partial charge in [-0.3, -0.25) is 0 Å². The van der Waals surface area contributed by atoms with Crippen molar-refractivity contribution in [2.45, 2.75) is 25.5 Å². The van der Waals surface area contributed by atoms with Crippen LogP contribution in [0.4, 0.5) is 5.82 Å². The molecule has 0 aliphatic carbocycles. The minimum atomic E-state index is 0.0133. The minimum absolute atomic E-state index is 0.0133. The molecule has 2 aromatic heterocycles. The van der Waals surface area contributed by atoms with Crippen LogP contribution in [0.1, 0.15) is 25.5 Å². The third-order valence-electron chi connectivity index (χ3n) is 3.04. The SMILES string of the molecule is Nc1ncc(Br)c2c1cnn2C1CCCCO1. The number of pyridine rings is 1. The van der Waals surface area contributed by atoms with Gasteiger partial charge < -0.3 is 10.5 Å². The first kappa shape index (κ1) is 11.0. The third kappa shape index (κ3) is 1.81. The lowest BCUT2D eigenvalue weighted by atomic mass is 10.2. The predicted molar refractivity (Wildman–Crippen MR) is 68.5 cm³/mol. The highest BCUT2D eigenvalue weighted by atomic mass is 79.9. The Morgan fingerprint density at radius 3 is 3.06 bits per heavy atom. The molecule has 17 heavy (non-hydrogen) atoms. The molecule has 1 unspecified atom stereocenters. The second kappa shape index (κ2) is 4.27. The highest BCUT2D eigenvalue weighted by Crippen LogP contribution is 2.31. The Kier molecular flexibility index (Phi) is 2.76. The second-order valence-corrected chi connectivity index (χ2v) is 5.02. The van der Waals surface area contributed by atoms with Crippen LogP contribution in [0.3, 0.4) is 0 Å². The molecular formula is C11H13BrN4O. The molecule has 5 nitrogen and oxygen atoms in total. The van der Waals surface area contributed by atoms with E-state index >= 15 is 0 Å². The van der Waals surface area contributed by atoms with Gasteiger partial charge in [-0.1, -0.05) is 0 Å². The molecule has 1 fully saturated rings. The van der Waals surface area contributed by atoms with Crippen molar-refractivity contribution in [3.63, 3.8) is 0 Å². The fourth-order valence-corrected chi connectivity index (χ4v) is 2.68. The Morgan fingerprint density at radius 1 is 1.41 bits per heavy atom. The molecule has 3 rings (SSSR count). The summed E-state index contributed by atoms with van der Waals surface area (Å²) in [6.07, 6.45) is 6.76. The van der Waals surface area contributed by atoms with E-state index in [-0.39, 0.29) is 6.23 Å². The lowest BCUT2D eigenvalue weighted by Gasteiger charge is -2.23. The lowest BCUT2D eigenvalue weighted by Crippen LogP contribution is -2.19. The summed E-state index contributed by atoms with van der Waals surface area (Å²) in [6.45, 7) is 0.796. The van der Waals surface area contributed by atoms with Gasteiger partial charge in [-0.15, -0.1) is 0 Å². The zero-order chi connectivity index (χ0) is 11.8. The van der Waals surface area contributed by atoms with Crippen LogP contribution in [0.15, 0.2) is 16.9 Å². The van der Waals surface area contributed by atoms with Crippen LogP contribution in [0.2, 0.25) is 0 Å². The number of nitrogens with two attached hydrogens (primary N) is 1. The van der Waals surface area contributed by atoms with Gasteiger partial charge in [-0.2, -0.15) is 5.10 Å². The summed E-state index contributed by atoms with van der Waals surface area (Å²) in [6, 6.07) is 0. The molecule has 2 aromatic rings. The topological polar surface area (TPSA) is 66.0 Å². The van der Waals surface area contributed by atoms with Crippen molar-refractivity contribution < 1.29 is 4.74 Å². The quantitative estimate of drug-likeness (QED) is 0.878. The fourth-order valence-electron chi connectivity index (χ4n) is 2.18. The van der Waals surface area contributed by atoms with Gasteiger partial charge in [0, 0.05) is 12.8 Å². The highest BCUT2D eigenvalue weighted by molar-refractivity contribution is 9.10. The van der Waals surface area contributed by atoms with E-state index in [0.717, 1.165) is 34.8 Å². The van der Waals surface area contributed by atoms with E-state index in [9.17, 15) is 0 Å². The normalized spacial score (nSPS) is 20.9. The lowest BCUT2D eigenvalue weighted by molar-refractivity contribution is -0.0367. The first-order valence-electron chi connectivity index (χ1n) is 5.66. The van der Waals surface area contributed by atoms with Crippen molar-refractivity contribution in [2.75, 3.05) is 12.3 Å². The molecule has 0 amide bonds. The number of halogens is 1. The first-order chi connectivity index (χ1) is 8.27. The summed E-state index contributed by atoms with van der Waals surface area (Å²) in [7, 11) is 0. The first-order valence-corrected chi connectivity index (χ1v) is 6.45. The third-order valence-corrected chi connectivity index (χ3v) is 3.62. The average Bonchev–Trinajstić information content (AvgIpc) is 2.81. The van der Waals surface area contributed by atoms with Crippen molar-refractivity contribution in [1.29, 1.82) is 0 Å². The molecule has 6 heteroatoms. The molecule has 0 saturated carbocycles. The summed E-state index contributed by atoms with van der Waals surface area (Å²) in [5.74, 6) is 0.505. The van der Waals surface area contributed by atoms with Crippen LogP contribution in [0.5, 0.6) is 0 Å². The van der Waals surface area contributed by atoms with Crippen LogP contribution in [0, 0.1) is 0 Å². The summed E-state index contributed by atoms with van der Waals surface area (Å²) in [5.41, 5.74) is 6.80. The number of hydrogen-bond acceptors (Lipinski definition) is 4. The molecule has 0 bridgehead atoms. The van der Waals surface area contributed by atoms with Crippen LogP contribution in [0.25, 0.3) is 10.9 Å². The Balaban J connectivity index is 2.13. The number of anilines is 1. The number of hydrogen-bond donors (Lipinski definition) is 1. The zero-order valence-electron chi connectivity index (χ0n) is 9.27. The van der Waals surface area contributed by atoms with E-state index in [1.165, 1.54) is 6.42 Å². The van der Waals surface area contributed by atoms with Gasteiger partial charge in [0.15, 0.2) is 6.23 Å². The van der Waals surface area contributed by atoms with Gasteiger partial charge in [0.1, 0.15) is 5.82 Å². The van der Waals surface area contributed by atoms with E-state index in [2.05, 4.69) is 26.0 Å². The Hall–Kier alpha value is -1.14. The number of aromatic nitrogens is 3. The van der Waals surface area contributed by atoms with Crippen molar-refractivity contribution in [2.24, 2.45) is 0 Å². The van der Waals surface area contributed by atoms with Crippen molar-refractivity contribution in [3.05, 3.63) is 16.9 Å². The number of nitrogen functional groups attached to an aromatic ring is 1. The van der Waals surface area contributed by atoms with Crippen LogP contribution in [-0.2, 0) is 4.74 Å². The molecule has 90 valence electrons. The second-order valence-electron chi connectivity index (χ2n) is 4.16. The van der Waals surface area contributed by atoms with Crippen LogP contribution in [-0.4, -0.2) is 21.4 Å². The summed E-state index contributed by atoms with van der Waals surface area (Å²) in [5, 5.41) is 5.25. The number of rotatable bonds is 1. The molecule has 1 saturated heterocycles. The van der Waals surface area contributed by atoms with Gasteiger partial charge >= 0.3 is 0 Å². The minimum Gasteiger partial charge on any atom is -0.383 e. The summed E-state index contributed by atoms with van der Waals surface area (Å²) < 4.78 is 8.54. The molecule has 3 heterocycles. The van der Waals surface area contributed by atoms with Gasteiger partial charge in [-0.25, -0.2) is 9.67 Å². The van der Waals surface area contributed by atoms with Gasteiger partial charge in [-0.05, 0) is 35.2 Å². The van der Waals surface area contributed by atoms with E-state index in [1.54, 1.807) is 12.4 Å². The van der Waals surface area contributed by atoms with Crippen LogP contribution >= 0.6 is 15.9 Å². The molecule has 0 aromatic carbocycles. The maximum Gasteiger partial charge on any atom is 0.150 e. The predicted octanol–water partition coefficient (Wildman–Crippen LogP) is 2.48. The molecule has 1 atom stereocenters. The van der Waals surface area contributed by atoms with E-state index in [1.807, 2.05) is 4.68 Å².